The Morgan fingerprint density at radius 2 is 1.75 bits per heavy atom. The van der Waals surface area contributed by atoms with Crippen molar-refractivity contribution < 1.29 is 0 Å². The van der Waals surface area contributed by atoms with Gasteiger partial charge in [-0.2, -0.15) is 0 Å². The van der Waals surface area contributed by atoms with E-state index in [1.54, 1.807) is 0 Å². The molecule has 1 rings (SSSR count). The molecule has 96 valence electrons. The minimum atomic E-state index is 0.377. The largest absolute Gasteiger partial charge is 0.315 e. The molecule has 0 amide bonds. The molecule has 0 spiro atoms. The average Bonchev–Trinajstić information content (AvgIpc) is 2.70. The van der Waals surface area contributed by atoms with Crippen molar-refractivity contribution in [3.8, 4) is 0 Å². The van der Waals surface area contributed by atoms with E-state index in [-0.39, 0.29) is 0 Å². The molecule has 0 aliphatic carbocycles. The highest BCUT2D eigenvalue weighted by Gasteiger charge is 2.26. The van der Waals surface area contributed by atoms with Crippen molar-refractivity contribution >= 4 is 0 Å². The molecule has 0 saturated carbocycles. The van der Waals surface area contributed by atoms with E-state index in [2.05, 4.69) is 24.5 Å². The summed E-state index contributed by atoms with van der Waals surface area (Å²) in [7, 11) is 0. The molecule has 2 heteroatoms. The van der Waals surface area contributed by atoms with Crippen LogP contribution in [0.4, 0.5) is 0 Å². The first-order valence-electron chi connectivity index (χ1n) is 7.22. The lowest BCUT2D eigenvalue weighted by Gasteiger charge is -2.24. The number of hydrogen-bond acceptors (Lipinski definition) is 2. The molecule has 1 atom stereocenters. The molecule has 0 radical (unpaired) electrons. The second-order valence-corrected chi connectivity index (χ2v) is 5.54. The van der Waals surface area contributed by atoms with Gasteiger partial charge < -0.3 is 10.6 Å². The van der Waals surface area contributed by atoms with E-state index in [9.17, 15) is 0 Å². The molecule has 1 heterocycles. The van der Waals surface area contributed by atoms with Crippen LogP contribution in [0.5, 0.6) is 0 Å². The number of unbranched alkanes of at least 4 members (excludes halogenated alkanes) is 6. The molecular formula is C14H30N2. The van der Waals surface area contributed by atoms with Crippen LogP contribution in [0.2, 0.25) is 0 Å². The van der Waals surface area contributed by atoms with Crippen molar-refractivity contribution in [3.63, 3.8) is 0 Å². The standard InChI is InChI=1S/C14H30N2/c1-3-4-5-6-7-8-9-11-16-14(2)10-12-15-13-14/h15-16H,3-13H2,1-2H3. The summed E-state index contributed by atoms with van der Waals surface area (Å²) in [5.74, 6) is 0. The summed E-state index contributed by atoms with van der Waals surface area (Å²) in [5.41, 5.74) is 0.377. The zero-order chi connectivity index (χ0) is 11.7. The third kappa shape index (κ3) is 5.86. The van der Waals surface area contributed by atoms with Crippen molar-refractivity contribution in [3.05, 3.63) is 0 Å². The van der Waals surface area contributed by atoms with E-state index in [0.29, 0.717) is 5.54 Å². The van der Waals surface area contributed by atoms with E-state index >= 15 is 0 Å². The van der Waals surface area contributed by atoms with Crippen molar-refractivity contribution in [1.82, 2.24) is 10.6 Å². The van der Waals surface area contributed by atoms with Crippen LogP contribution in [0.15, 0.2) is 0 Å². The third-order valence-electron chi connectivity index (χ3n) is 3.70. The predicted molar refractivity (Wildman–Crippen MR) is 71.9 cm³/mol. The van der Waals surface area contributed by atoms with Gasteiger partial charge >= 0.3 is 0 Å². The summed E-state index contributed by atoms with van der Waals surface area (Å²) in [6, 6.07) is 0. The van der Waals surface area contributed by atoms with Gasteiger partial charge in [-0.15, -0.1) is 0 Å². The van der Waals surface area contributed by atoms with Gasteiger partial charge in [-0.1, -0.05) is 45.4 Å². The van der Waals surface area contributed by atoms with Crippen LogP contribution in [0.25, 0.3) is 0 Å². The van der Waals surface area contributed by atoms with E-state index < -0.39 is 0 Å². The molecule has 0 aromatic carbocycles. The van der Waals surface area contributed by atoms with Crippen molar-refractivity contribution in [2.45, 2.75) is 70.8 Å². The Kier molecular flexibility index (Phi) is 7.06. The summed E-state index contributed by atoms with van der Waals surface area (Å²) in [4.78, 5) is 0. The lowest BCUT2D eigenvalue weighted by atomic mass is 10.0. The van der Waals surface area contributed by atoms with Crippen LogP contribution < -0.4 is 10.6 Å². The Morgan fingerprint density at radius 3 is 2.38 bits per heavy atom. The molecule has 1 aliphatic heterocycles. The van der Waals surface area contributed by atoms with E-state index in [0.717, 1.165) is 6.54 Å². The van der Waals surface area contributed by atoms with Crippen LogP contribution >= 0.6 is 0 Å². The normalized spacial score (nSPS) is 25.1. The molecule has 1 saturated heterocycles. The molecule has 0 bridgehead atoms. The smallest absolute Gasteiger partial charge is 0.0289 e. The van der Waals surface area contributed by atoms with Crippen molar-refractivity contribution in [2.24, 2.45) is 0 Å². The second kappa shape index (κ2) is 8.08. The highest BCUT2D eigenvalue weighted by atomic mass is 15.1. The topological polar surface area (TPSA) is 24.1 Å². The Morgan fingerprint density at radius 1 is 1.06 bits per heavy atom. The van der Waals surface area contributed by atoms with Gasteiger partial charge in [0.05, 0.1) is 0 Å². The minimum Gasteiger partial charge on any atom is -0.315 e. The number of nitrogens with one attached hydrogen (secondary N) is 2. The van der Waals surface area contributed by atoms with Gasteiger partial charge in [0.1, 0.15) is 0 Å². The Hall–Kier alpha value is -0.0800. The predicted octanol–water partition coefficient (Wildman–Crippen LogP) is 3.08. The summed E-state index contributed by atoms with van der Waals surface area (Å²) >= 11 is 0. The second-order valence-electron chi connectivity index (χ2n) is 5.54. The van der Waals surface area contributed by atoms with Gasteiger partial charge in [-0.25, -0.2) is 0 Å². The molecule has 1 fully saturated rings. The van der Waals surface area contributed by atoms with Gasteiger partial charge in [-0.05, 0) is 32.9 Å². The minimum absolute atomic E-state index is 0.377. The van der Waals surface area contributed by atoms with Crippen LogP contribution in [-0.2, 0) is 0 Å². The molecule has 0 aromatic heterocycles. The quantitative estimate of drug-likeness (QED) is 0.590. The van der Waals surface area contributed by atoms with Crippen molar-refractivity contribution in [2.75, 3.05) is 19.6 Å². The Balaban J connectivity index is 1.84. The lowest BCUT2D eigenvalue weighted by Crippen LogP contribution is -2.44. The van der Waals surface area contributed by atoms with Gasteiger partial charge in [-0.3, -0.25) is 0 Å². The summed E-state index contributed by atoms with van der Waals surface area (Å²) in [6.07, 6.45) is 11.1. The van der Waals surface area contributed by atoms with Crippen molar-refractivity contribution in [1.29, 1.82) is 0 Å². The molecule has 1 aliphatic rings. The fourth-order valence-corrected chi connectivity index (χ4v) is 2.44. The van der Waals surface area contributed by atoms with Crippen LogP contribution in [0, 0.1) is 0 Å². The fourth-order valence-electron chi connectivity index (χ4n) is 2.44. The Labute approximate surface area is 102 Å². The van der Waals surface area contributed by atoms with Gasteiger partial charge in [0.2, 0.25) is 0 Å². The van der Waals surface area contributed by atoms with Crippen LogP contribution in [0.1, 0.15) is 65.2 Å². The highest BCUT2D eigenvalue weighted by Crippen LogP contribution is 2.13. The molecule has 16 heavy (non-hydrogen) atoms. The third-order valence-corrected chi connectivity index (χ3v) is 3.70. The summed E-state index contributed by atoms with van der Waals surface area (Å²) < 4.78 is 0. The maximum Gasteiger partial charge on any atom is 0.0289 e. The average molecular weight is 226 g/mol. The first-order chi connectivity index (χ1) is 7.77. The molecule has 0 aromatic rings. The first-order valence-corrected chi connectivity index (χ1v) is 7.22. The summed E-state index contributed by atoms with van der Waals surface area (Å²) in [5, 5.41) is 7.12. The zero-order valence-corrected chi connectivity index (χ0v) is 11.3. The zero-order valence-electron chi connectivity index (χ0n) is 11.3. The van der Waals surface area contributed by atoms with E-state index in [1.807, 2.05) is 0 Å². The number of hydrogen-bond donors (Lipinski definition) is 2. The van der Waals surface area contributed by atoms with Gasteiger partial charge in [0.25, 0.3) is 0 Å². The first kappa shape index (κ1) is 14.0. The fraction of sp³-hybridized carbons (Fsp3) is 1.00. The maximum absolute atomic E-state index is 3.70. The lowest BCUT2D eigenvalue weighted by molar-refractivity contribution is 0.381. The highest BCUT2D eigenvalue weighted by molar-refractivity contribution is 4.91. The SMILES string of the molecule is CCCCCCCCCNC1(C)CCNC1. The maximum atomic E-state index is 3.70. The van der Waals surface area contributed by atoms with Gasteiger partial charge in [0, 0.05) is 12.1 Å². The van der Waals surface area contributed by atoms with E-state index in [4.69, 9.17) is 0 Å². The summed E-state index contributed by atoms with van der Waals surface area (Å²) in [6.45, 7) is 8.14. The molecule has 1 unspecified atom stereocenters. The molecular weight excluding hydrogens is 196 g/mol. The van der Waals surface area contributed by atoms with Crippen LogP contribution in [0.3, 0.4) is 0 Å². The molecule has 2 nitrogen and oxygen atoms in total. The number of rotatable bonds is 9. The molecule has 2 N–H and O–H groups in total. The van der Waals surface area contributed by atoms with Gasteiger partial charge in [0.15, 0.2) is 0 Å². The Bertz CT molecular complexity index is 162. The monoisotopic (exact) mass is 226 g/mol. The van der Waals surface area contributed by atoms with Crippen LogP contribution in [-0.4, -0.2) is 25.2 Å². The van der Waals surface area contributed by atoms with E-state index in [1.165, 1.54) is 64.5 Å².